The lowest BCUT2D eigenvalue weighted by Crippen LogP contribution is -2.46. The van der Waals surface area contributed by atoms with Gasteiger partial charge in [-0.25, -0.2) is 4.79 Å². The molecule has 1 heterocycles. The molecule has 3 rings (SSSR count). The molecule has 0 saturated carbocycles. The molecule has 1 aliphatic rings. The SMILES string of the molecule is CC.CC(C)(C(=O)NC(N)=O)C1c2ccccc2Oc2ccccc21. The number of imide groups is 1. The van der Waals surface area contributed by atoms with Crippen molar-refractivity contribution in [2.75, 3.05) is 0 Å². The molecule has 132 valence electrons. The van der Waals surface area contributed by atoms with Gasteiger partial charge in [-0.1, -0.05) is 64.1 Å². The number of amides is 3. The van der Waals surface area contributed by atoms with Crippen LogP contribution in [0, 0.1) is 5.41 Å². The summed E-state index contributed by atoms with van der Waals surface area (Å²) in [5, 5.41) is 2.20. The molecule has 0 atom stereocenters. The fourth-order valence-electron chi connectivity index (χ4n) is 3.09. The van der Waals surface area contributed by atoms with Crippen molar-refractivity contribution in [3.05, 3.63) is 59.7 Å². The van der Waals surface area contributed by atoms with Gasteiger partial charge in [-0.3, -0.25) is 10.1 Å². The number of fused-ring (bicyclic) bond motifs is 2. The van der Waals surface area contributed by atoms with Crippen LogP contribution in [0.2, 0.25) is 0 Å². The molecule has 3 N–H and O–H groups in total. The monoisotopic (exact) mass is 340 g/mol. The number of carbonyl (C=O) groups is 2. The minimum absolute atomic E-state index is 0.247. The van der Waals surface area contributed by atoms with Gasteiger partial charge in [0.1, 0.15) is 11.5 Å². The Morgan fingerprint density at radius 1 is 0.960 bits per heavy atom. The van der Waals surface area contributed by atoms with Crippen LogP contribution in [0.4, 0.5) is 4.79 Å². The van der Waals surface area contributed by atoms with Crippen LogP contribution in [-0.4, -0.2) is 11.9 Å². The van der Waals surface area contributed by atoms with Crippen molar-refractivity contribution >= 4 is 11.9 Å². The molecule has 2 aromatic rings. The summed E-state index contributed by atoms with van der Waals surface area (Å²) < 4.78 is 5.94. The maximum absolute atomic E-state index is 12.5. The van der Waals surface area contributed by atoms with E-state index in [4.69, 9.17) is 10.5 Å². The molecule has 0 spiro atoms. The highest BCUT2D eigenvalue weighted by molar-refractivity contribution is 5.97. The zero-order chi connectivity index (χ0) is 18.6. The highest BCUT2D eigenvalue weighted by Crippen LogP contribution is 2.51. The summed E-state index contributed by atoms with van der Waals surface area (Å²) in [5.74, 6) is 0.775. The molecule has 1 aliphatic heterocycles. The van der Waals surface area contributed by atoms with Crippen LogP contribution < -0.4 is 15.8 Å². The van der Waals surface area contributed by atoms with Gasteiger partial charge < -0.3 is 10.5 Å². The standard InChI is InChI=1S/C18H18N2O3.C2H6/c1-18(2,16(21)20-17(19)22)15-11-7-3-5-9-13(11)23-14-10-6-4-8-12(14)15;1-2/h3-10,15H,1-2H3,(H3,19,20,21,22);1-2H3. The van der Waals surface area contributed by atoms with Crippen molar-refractivity contribution in [2.45, 2.75) is 33.6 Å². The molecule has 5 heteroatoms. The zero-order valence-electron chi connectivity index (χ0n) is 15.0. The summed E-state index contributed by atoms with van der Waals surface area (Å²) >= 11 is 0. The molecule has 3 amide bonds. The molecule has 0 aliphatic carbocycles. The van der Waals surface area contributed by atoms with Crippen LogP contribution in [-0.2, 0) is 4.79 Å². The highest BCUT2D eigenvalue weighted by atomic mass is 16.5. The first-order valence-corrected chi connectivity index (χ1v) is 8.38. The molecule has 0 saturated heterocycles. The van der Waals surface area contributed by atoms with Crippen molar-refractivity contribution in [3.8, 4) is 11.5 Å². The van der Waals surface area contributed by atoms with Gasteiger partial charge in [-0.05, 0) is 12.1 Å². The normalized spacial score (nSPS) is 12.6. The van der Waals surface area contributed by atoms with Gasteiger partial charge in [0, 0.05) is 17.0 Å². The fraction of sp³-hybridized carbons (Fsp3) is 0.300. The van der Waals surface area contributed by atoms with E-state index < -0.39 is 17.4 Å². The van der Waals surface area contributed by atoms with Crippen molar-refractivity contribution in [3.63, 3.8) is 0 Å². The summed E-state index contributed by atoms with van der Waals surface area (Å²) in [6, 6.07) is 14.4. The fourth-order valence-corrected chi connectivity index (χ4v) is 3.09. The Hall–Kier alpha value is -2.82. The third kappa shape index (κ3) is 3.50. The predicted molar refractivity (Wildman–Crippen MR) is 97.7 cm³/mol. The second-order valence-corrected chi connectivity index (χ2v) is 6.15. The molecular formula is C20H24N2O3. The van der Waals surface area contributed by atoms with E-state index in [0.29, 0.717) is 0 Å². The molecule has 5 nitrogen and oxygen atoms in total. The Balaban J connectivity index is 0.00000109. The van der Waals surface area contributed by atoms with E-state index >= 15 is 0 Å². The topological polar surface area (TPSA) is 81.4 Å². The van der Waals surface area contributed by atoms with Gasteiger partial charge in [0.05, 0.1) is 5.41 Å². The Morgan fingerprint density at radius 2 is 1.40 bits per heavy atom. The number of primary amides is 1. The lowest BCUT2D eigenvalue weighted by Gasteiger charge is -2.37. The predicted octanol–water partition coefficient (Wildman–Crippen LogP) is 4.17. The first-order valence-electron chi connectivity index (χ1n) is 8.38. The van der Waals surface area contributed by atoms with E-state index in [2.05, 4.69) is 5.32 Å². The Morgan fingerprint density at radius 3 is 1.84 bits per heavy atom. The second kappa shape index (κ2) is 7.38. The van der Waals surface area contributed by atoms with Gasteiger partial charge in [-0.15, -0.1) is 0 Å². The van der Waals surface area contributed by atoms with E-state index in [1.807, 2.05) is 62.4 Å². The van der Waals surface area contributed by atoms with Gasteiger partial charge in [0.2, 0.25) is 5.91 Å². The number of ether oxygens (including phenoxy) is 1. The number of nitrogens with two attached hydrogens (primary N) is 1. The molecular weight excluding hydrogens is 316 g/mol. The summed E-state index contributed by atoms with van der Waals surface area (Å²) in [4.78, 5) is 23.6. The largest absolute Gasteiger partial charge is 0.457 e. The lowest BCUT2D eigenvalue weighted by atomic mass is 9.69. The van der Waals surface area contributed by atoms with Crippen molar-refractivity contribution in [2.24, 2.45) is 11.1 Å². The van der Waals surface area contributed by atoms with Crippen LogP contribution in [0.5, 0.6) is 11.5 Å². The van der Waals surface area contributed by atoms with Gasteiger partial charge in [-0.2, -0.15) is 0 Å². The zero-order valence-corrected chi connectivity index (χ0v) is 15.0. The lowest BCUT2D eigenvalue weighted by molar-refractivity contribution is -0.128. The van der Waals surface area contributed by atoms with E-state index in [1.165, 1.54) is 0 Å². The number of rotatable bonds is 2. The maximum Gasteiger partial charge on any atom is 0.318 e. The van der Waals surface area contributed by atoms with Gasteiger partial charge in [0.25, 0.3) is 0 Å². The molecule has 0 aromatic heterocycles. The molecule has 0 fully saturated rings. The van der Waals surface area contributed by atoms with E-state index in [1.54, 1.807) is 13.8 Å². The van der Waals surface area contributed by atoms with Crippen LogP contribution in [0.3, 0.4) is 0 Å². The van der Waals surface area contributed by atoms with E-state index in [0.717, 1.165) is 22.6 Å². The smallest absolute Gasteiger partial charge is 0.318 e. The summed E-state index contributed by atoms with van der Waals surface area (Å²) in [5.41, 5.74) is 6.05. The average Bonchev–Trinajstić information content (AvgIpc) is 2.60. The highest BCUT2D eigenvalue weighted by Gasteiger charge is 2.43. The number of hydrogen-bond acceptors (Lipinski definition) is 3. The summed E-state index contributed by atoms with van der Waals surface area (Å²) in [7, 11) is 0. The number of nitrogens with one attached hydrogen (secondary N) is 1. The quantitative estimate of drug-likeness (QED) is 0.861. The summed E-state index contributed by atoms with van der Waals surface area (Å²) in [6.45, 7) is 7.60. The van der Waals surface area contributed by atoms with Crippen LogP contribution >= 0.6 is 0 Å². The maximum atomic E-state index is 12.5. The number of carbonyl (C=O) groups excluding carboxylic acids is 2. The molecule has 0 unspecified atom stereocenters. The minimum Gasteiger partial charge on any atom is -0.457 e. The van der Waals surface area contributed by atoms with Gasteiger partial charge >= 0.3 is 6.03 Å². The Labute approximate surface area is 148 Å². The average molecular weight is 340 g/mol. The van der Waals surface area contributed by atoms with E-state index in [-0.39, 0.29) is 5.92 Å². The molecule has 25 heavy (non-hydrogen) atoms. The van der Waals surface area contributed by atoms with Crippen molar-refractivity contribution in [1.29, 1.82) is 0 Å². The summed E-state index contributed by atoms with van der Waals surface area (Å²) in [6.07, 6.45) is 0. The molecule has 0 radical (unpaired) electrons. The van der Waals surface area contributed by atoms with Crippen molar-refractivity contribution < 1.29 is 14.3 Å². The third-order valence-corrected chi connectivity index (χ3v) is 4.22. The van der Waals surface area contributed by atoms with E-state index in [9.17, 15) is 9.59 Å². The van der Waals surface area contributed by atoms with Gasteiger partial charge in [0.15, 0.2) is 0 Å². The second-order valence-electron chi connectivity index (χ2n) is 6.15. The number of hydrogen-bond donors (Lipinski definition) is 2. The molecule has 0 bridgehead atoms. The van der Waals surface area contributed by atoms with Crippen LogP contribution in [0.25, 0.3) is 0 Å². The minimum atomic E-state index is -0.884. The Bertz CT molecular complexity index is 739. The number of benzene rings is 2. The first-order chi connectivity index (χ1) is 11.9. The molecule has 2 aromatic carbocycles. The number of urea groups is 1. The number of para-hydroxylation sites is 2. The third-order valence-electron chi connectivity index (χ3n) is 4.22. The Kier molecular flexibility index (Phi) is 5.47. The van der Waals surface area contributed by atoms with Crippen LogP contribution in [0.1, 0.15) is 44.7 Å². The van der Waals surface area contributed by atoms with Crippen molar-refractivity contribution in [1.82, 2.24) is 5.32 Å². The first kappa shape index (κ1) is 18.5. The van der Waals surface area contributed by atoms with Crippen LogP contribution in [0.15, 0.2) is 48.5 Å².